The highest BCUT2D eigenvalue weighted by Gasteiger charge is 2.04. The first-order valence-corrected chi connectivity index (χ1v) is 15.7. The van der Waals surface area contributed by atoms with E-state index in [1.54, 1.807) is 0 Å². The zero-order valence-electron chi connectivity index (χ0n) is 25.8. The highest BCUT2D eigenvalue weighted by molar-refractivity contribution is 5.80. The molecular weight excluding hydrogens is 542 g/mol. The Hall–Kier alpha value is -2.24. The smallest absolute Gasteiger partial charge is 0.303 e. The van der Waals surface area contributed by atoms with E-state index in [1.807, 2.05) is 12.1 Å². The van der Waals surface area contributed by atoms with Crippen LogP contribution in [0.4, 0.5) is 0 Å². The summed E-state index contributed by atoms with van der Waals surface area (Å²) < 4.78 is 33.2. The van der Waals surface area contributed by atoms with Crippen LogP contribution in [-0.2, 0) is 39.7 Å². The molecule has 1 amide bonds. The lowest BCUT2D eigenvalue weighted by molar-refractivity contribution is -0.138. The maximum absolute atomic E-state index is 11.4. The number of hydrogen-bond donors (Lipinski definition) is 2. The highest BCUT2D eigenvalue weighted by Crippen LogP contribution is 2.15. The van der Waals surface area contributed by atoms with Crippen molar-refractivity contribution in [3.05, 3.63) is 29.8 Å². The molecule has 1 aromatic carbocycles. The van der Waals surface area contributed by atoms with Gasteiger partial charge in [0.25, 0.3) is 0 Å². The average molecular weight is 598 g/mol. The third-order valence-corrected chi connectivity index (χ3v) is 6.33. The lowest BCUT2D eigenvalue weighted by atomic mass is 10.0. The molecule has 0 aliphatic rings. The van der Waals surface area contributed by atoms with Gasteiger partial charge in [-0.25, -0.2) is 0 Å². The fourth-order valence-corrected chi connectivity index (χ4v) is 3.95. The van der Waals surface area contributed by atoms with Crippen LogP contribution in [0.1, 0.15) is 76.7 Å². The van der Waals surface area contributed by atoms with Crippen molar-refractivity contribution in [1.82, 2.24) is 5.32 Å². The zero-order valence-corrected chi connectivity index (χ0v) is 25.8. The largest absolute Gasteiger partial charge is 0.491 e. The van der Waals surface area contributed by atoms with E-state index in [0.717, 1.165) is 12.2 Å². The molecule has 0 saturated carbocycles. The van der Waals surface area contributed by atoms with Crippen LogP contribution in [0.3, 0.4) is 0 Å². The Balaban J connectivity index is 1.77. The second-order valence-corrected chi connectivity index (χ2v) is 10.0. The molecule has 10 nitrogen and oxygen atoms in total. The predicted octanol–water partition coefficient (Wildman–Crippen LogP) is 4.81. The normalized spacial score (nSPS) is 11.1. The van der Waals surface area contributed by atoms with E-state index in [1.165, 1.54) is 50.5 Å². The Morgan fingerprint density at radius 2 is 1.12 bits per heavy atom. The van der Waals surface area contributed by atoms with Crippen molar-refractivity contribution in [3.63, 3.8) is 0 Å². The summed E-state index contributed by atoms with van der Waals surface area (Å²) in [5, 5.41) is 11.2. The van der Waals surface area contributed by atoms with Crippen LogP contribution in [0.5, 0.6) is 5.75 Å². The summed E-state index contributed by atoms with van der Waals surface area (Å²) in [5.41, 5.74) is 1.37. The maximum Gasteiger partial charge on any atom is 0.303 e. The molecule has 0 atom stereocenters. The number of carbonyl (C=O) groups is 2. The minimum atomic E-state index is -0.976. The standard InChI is InChI=1S/C32H55NO9/c1-2-3-4-5-6-7-8-10-29-11-13-30(14-12-29)42-28-27-41-26-25-40-24-23-39-22-21-38-20-19-37-18-9-17-33-31(34)15-16-32(35)36/h11-14H,2-10,15-28H2,1H3,(H,33,34)(H,35,36). The third-order valence-electron chi connectivity index (χ3n) is 6.33. The molecule has 0 spiro atoms. The average Bonchev–Trinajstić information content (AvgIpc) is 2.99. The molecule has 0 aliphatic heterocycles. The van der Waals surface area contributed by atoms with Crippen LogP contribution in [-0.4, -0.2) is 96.2 Å². The number of benzene rings is 1. The Morgan fingerprint density at radius 1 is 0.619 bits per heavy atom. The van der Waals surface area contributed by atoms with Gasteiger partial charge >= 0.3 is 5.97 Å². The number of ether oxygens (including phenoxy) is 6. The van der Waals surface area contributed by atoms with Gasteiger partial charge in [-0.15, -0.1) is 0 Å². The number of carboxylic acid groups (broad SMARTS) is 1. The van der Waals surface area contributed by atoms with Crippen molar-refractivity contribution in [2.45, 2.75) is 77.6 Å². The number of rotatable bonds is 31. The van der Waals surface area contributed by atoms with Crippen molar-refractivity contribution in [1.29, 1.82) is 0 Å². The summed E-state index contributed by atoms with van der Waals surface area (Å²) in [5.74, 6) is -0.358. The topological polar surface area (TPSA) is 122 Å². The molecule has 0 radical (unpaired) electrons. The Labute approximate surface area is 252 Å². The predicted molar refractivity (Wildman–Crippen MR) is 162 cm³/mol. The fraction of sp³-hybridized carbons (Fsp3) is 0.750. The number of carboxylic acids is 1. The van der Waals surface area contributed by atoms with E-state index in [0.29, 0.717) is 85.6 Å². The first kappa shape index (κ1) is 37.8. The van der Waals surface area contributed by atoms with E-state index in [4.69, 9.17) is 33.5 Å². The summed E-state index contributed by atoms with van der Waals surface area (Å²) in [6, 6.07) is 8.41. The molecule has 0 bridgehead atoms. The van der Waals surface area contributed by atoms with Crippen molar-refractivity contribution in [2.75, 3.05) is 79.2 Å². The van der Waals surface area contributed by atoms with Crippen LogP contribution in [0.15, 0.2) is 24.3 Å². The lowest BCUT2D eigenvalue weighted by Gasteiger charge is -2.09. The highest BCUT2D eigenvalue weighted by atomic mass is 16.6. The van der Waals surface area contributed by atoms with Crippen LogP contribution >= 0.6 is 0 Å². The molecule has 0 fully saturated rings. The minimum Gasteiger partial charge on any atom is -0.491 e. The number of nitrogens with one attached hydrogen (secondary N) is 1. The second-order valence-electron chi connectivity index (χ2n) is 10.0. The minimum absolute atomic E-state index is 0.00185. The Morgan fingerprint density at radius 3 is 1.67 bits per heavy atom. The molecule has 1 rings (SSSR count). The molecule has 242 valence electrons. The number of amides is 1. The van der Waals surface area contributed by atoms with Crippen LogP contribution in [0.2, 0.25) is 0 Å². The molecule has 42 heavy (non-hydrogen) atoms. The van der Waals surface area contributed by atoms with Gasteiger partial charge in [0.1, 0.15) is 12.4 Å². The summed E-state index contributed by atoms with van der Waals surface area (Å²) in [4.78, 5) is 21.8. The Bertz CT molecular complexity index is 761. The SMILES string of the molecule is CCCCCCCCCc1ccc(OCCOCCOCCOCCOCCOCCCNC(=O)CCC(=O)O)cc1. The van der Waals surface area contributed by atoms with Gasteiger partial charge in [0.2, 0.25) is 5.91 Å². The number of carbonyl (C=O) groups excluding carboxylic acids is 1. The molecule has 2 N–H and O–H groups in total. The molecule has 0 unspecified atom stereocenters. The molecule has 0 heterocycles. The van der Waals surface area contributed by atoms with Gasteiger partial charge in [-0.3, -0.25) is 9.59 Å². The molecule has 10 heteroatoms. The van der Waals surface area contributed by atoms with Crippen LogP contribution < -0.4 is 10.1 Å². The van der Waals surface area contributed by atoms with E-state index in [2.05, 4.69) is 24.4 Å². The molecule has 0 aliphatic carbocycles. The fourth-order valence-electron chi connectivity index (χ4n) is 3.95. The number of unbranched alkanes of at least 4 members (excludes halogenated alkanes) is 6. The van der Waals surface area contributed by atoms with E-state index in [-0.39, 0.29) is 18.7 Å². The monoisotopic (exact) mass is 597 g/mol. The molecule has 0 aromatic heterocycles. The van der Waals surface area contributed by atoms with Gasteiger partial charge in [0, 0.05) is 19.6 Å². The quantitative estimate of drug-likeness (QED) is 0.116. The second kappa shape index (κ2) is 28.9. The summed E-state index contributed by atoms with van der Waals surface area (Å²) in [6.07, 6.45) is 11.0. The number of aliphatic carboxylic acids is 1. The van der Waals surface area contributed by atoms with E-state index < -0.39 is 5.97 Å². The van der Waals surface area contributed by atoms with Crippen molar-refractivity contribution >= 4 is 11.9 Å². The van der Waals surface area contributed by atoms with Gasteiger partial charge < -0.3 is 38.8 Å². The molecule has 0 saturated heterocycles. The van der Waals surface area contributed by atoms with Gasteiger partial charge in [0.05, 0.1) is 65.9 Å². The van der Waals surface area contributed by atoms with Crippen molar-refractivity contribution < 1.29 is 43.1 Å². The molecular formula is C32H55NO9. The van der Waals surface area contributed by atoms with Gasteiger partial charge in [-0.1, -0.05) is 57.6 Å². The van der Waals surface area contributed by atoms with Gasteiger partial charge in [-0.05, 0) is 37.0 Å². The van der Waals surface area contributed by atoms with Crippen molar-refractivity contribution in [2.24, 2.45) is 0 Å². The van der Waals surface area contributed by atoms with Crippen LogP contribution in [0.25, 0.3) is 0 Å². The lowest BCUT2D eigenvalue weighted by Crippen LogP contribution is -2.25. The van der Waals surface area contributed by atoms with Gasteiger partial charge in [-0.2, -0.15) is 0 Å². The number of hydrogen-bond acceptors (Lipinski definition) is 8. The first-order chi connectivity index (χ1) is 20.6. The molecule has 1 aromatic rings. The van der Waals surface area contributed by atoms with Crippen molar-refractivity contribution in [3.8, 4) is 5.75 Å². The number of aryl methyl sites for hydroxylation is 1. The maximum atomic E-state index is 11.4. The van der Waals surface area contributed by atoms with Gasteiger partial charge in [0.15, 0.2) is 0 Å². The summed E-state index contributed by atoms with van der Waals surface area (Å²) in [7, 11) is 0. The summed E-state index contributed by atoms with van der Waals surface area (Å²) >= 11 is 0. The zero-order chi connectivity index (χ0) is 30.4. The first-order valence-electron chi connectivity index (χ1n) is 15.7. The van der Waals surface area contributed by atoms with E-state index >= 15 is 0 Å². The third kappa shape index (κ3) is 25.5. The van der Waals surface area contributed by atoms with Crippen LogP contribution in [0, 0.1) is 0 Å². The summed E-state index contributed by atoms with van der Waals surface area (Å²) in [6.45, 7) is 8.17. The Kier molecular flexibility index (Phi) is 26.0. The van der Waals surface area contributed by atoms with E-state index in [9.17, 15) is 9.59 Å².